The number of carbonyl (C=O) groups is 1. The van der Waals surface area contributed by atoms with Crippen molar-refractivity contribution >= 4 is 32.8 Å². The minimum Gasteiger partial charge on any atom is -0.493 e. The van der Waals surface area contributed by atoms with Gasteiger partial charge in [-0.2, -0.15) is 0 Å². The summed E-state index contributed by atoms with van der Waals surface area (Å²) >= 11 is 1.30. The number of methoxy groups -OCH3 is 3. The lowest BCUT2D eigenvalue weighted by Gasteiger charge is -2.26. The Kier molecular flexibility index (Phi) is 5.63. The molecule has 162 valence electrons. The zero-order valence-corrected chi connectivity index (χ0v) is 18.8. The van der Waals surface area contributed by atoms with Gasteiger partial charge >= 0.3 is 0 Å². The molecule has 4 rings (SSSR count). The molecule has 1 atom stereocenters. The molecular weight excluding hydrogens is 438 g/mol. The highest BCUT2D eigenvalue weighted by atomic mass is 32.2. The third kappa shape index (κ3) is 3.53. The van der Waals surface area contributed by atoms with E-state index in [1.165, 1.54) is 32.7 Å². The number of benzene rings is 2. The van der Waals surface area contributed by atoms with Gasteiger partial charge in [0.2, 0.25) is 21.5 Å². The van der Waals surface area contributed by atoms with Crippen molar-refractivity contribution in [3.8, 4) is 17.2 Å². The van der Waals surface area contributed by atoms with Crippen LogP contribution in [0.2, 0.25) is 0 Å². The first kappa shape index (κ1) is 21.2. The maximum absolute atomic E-state index is 13.2. The van der Waals surface area contributed by atoms with E-state index in [2.05, 4.69) is 5.32 Å². The molecule has 3 aromatic rings. The molecule has 0 unspecified atom stereocenters. The quantitative estimate of drug-likeness (QED) is 0.597. The van der Waals surface area contributed by atoms with Gasteiger partial charge in [-0.1, -0.05) is 24.3 Å². The van der Waals surface area contributed by atoms with E-state index in [9.17, 15) is 13.2 Å². The van der Waals surface area contributed by atoms with E-state index in [1.54, 1.807) is 41.8 Å². The molecule has 9 heteroatoms. The van der Waals surface area contributed by atoms with E-state index in [0.717, 1.165) is 10.4 Å². The zero-order chi connectivity index (χ0) is 22.2. The number of anilines is 1. The van der Waals surface area contributed by atoms with Crippen molar-refractivity contribution in [1.29, 1.82) is 0 Å². The number of hydrogen-bond acceptors (Lipinski definition) is 7. The summed E-state index contributed by atoms with van der Waals surface area (Å²) in [5.41, 5.74) is 1.05. The molecule has 31 heavy (non-hydrogen) atoms. The monoisotopic (exact) mass is 459 g/mol. The summed E-state index contributed by atoms with van der Waals surface area (Å²) in [4.78, 5) is 13.6. The zero-order valence-electron chi connectivity index (χ0n) is 17.2. The molecule has 0 saturated heterocycles. The van der Waals surface area contributed by atoms with Gasteiger partial charge in [-0.3, -0.25) is 4.79 Å². The van der Waals surface area contributed by atoms with Gasteiger partial charge < -0.3 is 19.5 Å². The molecule has 7 nitrogen and oxygen atoms in total. The molecular formula is C22H21NO6S2. The predicted octanol–water partition coefficient (Wildman–Crippen LogP) is 4.08. The van der Waals surface area contributed by atoms with Crippen LogP contribution in [0.1, 0.15) is 22.8 Å². The molecule has 1 amide bonds. The molecule has 0 fully saturated rings. The average molecular weight is 460 g/mol. The number of carbonyl (C=O) groups excluding carboxylic acids is 1. The van der Waals surface area contributed by atoms with E-state index >= 15 is 0 Å². The van der Waals surface area contributed by atoms with Crippen LogP contribution >= 0.6 is 11.3 Å². The summed E-state index contributed by atoms with van der Waals surface area (Å²) < 4.78 is 42.9. The van der Waals surface area contributed by atoms with Crippen LogP contribution in [-0.4, -0.2) is 35.7 Å². The van der Waals surface area contributed by atoms with Gasteiger partial charge in [-0.15, -0.1) is 11.3 Å². The minimum absolute atomic E-state index is 0.0937. The fourth-order valence-electron chi connectivity index (χ4n) is 3.78. The number of sulfone groups is 1. The fourth-order valence-corrected chi connectivity index (χ4v) is 6.70. The summed E-state index contributed by atoms with van der Waals surface area (Å²) in [6.45, 7) is 0. The van der Waals surface area contributed by atoms with Gasteiger partial charge in [-0.05, 0) is 18.2 Å². The Balaban J connectivity index is 1.87. The largest absolute Gasteiger partial charge is 0.493 e. The van der Waals surface area contributed by atoms with Crippen molar-refractivity contribution in [2.75, 3.05) is 26.6 Å². The topological polar surface area (TPSA) is 90.9 Å². The molecule has 0 saturated carbocycles. The Morgan fingerprint density at radius 2 is 1.68 bits per heavy atom. The number of fused-ring (bicyclic) bond motifs is 1. The van der Waals surface area contributed by atoms with E-state index in [-0.39, 0.29) is 28.0 Å². The average Bonchev–Trinajstić information content (AvgIpc) is 3.22. The smallest absolute Gasteiger partial charge is 0.225 e. The van der Waals surface area contributed by atoms with Crippen molar-refractivity contribution in [2.24, 2.45) is 0 Å². The van der Waals surface area contributed by atoms with Crippen molar-refractivity contribution in [2.45, 2.75) is 22.1 Å². The normalized spacial score (nSPS) is 15.7. The third-order valence-corrected chi connectivity index (χ3v) is 8.25. The lowest BCUT2D eigenvalue weighted by molar-refractivity contribution is -0.116. The molecule has 1 aliphatic rings. The van der Waals surface area contributed by atoms with Gasteiger partial charge in [0.15, 0.2) is 11.5 Å². The van der Waals surface area contributed by atoms with Crippen LogP contribution in [0.5, 0.6) is 17.2 Å². The van der Waals surface area contributed by atoms with Gasteiger partial charge in [-0.25, -0.2) is 8.42 Å². The first-order valence-corrected chi connectivity index (χ1v) is 11.8. The molecule has 0 aliphatic carbocycles. The number of amides is 1. The second-order valence-electron chi connectivity index (χ2n) is 6.88. The summed E-state index contributed by atoms with van der Waals surface area (Å²) in [6.07, 6.45) is 0.157. The highest BCUT2D eigenvalue weighted by molar-refractivity contribution is 7.91. The minimum atomic E-state index is -3.79. The number of hydrogen-bond donors (Lipinski definition) is 1. The van der Waals surface area contributed by atoms with Crippen molar-refractivity contribution in [3.05, 3.63) is 58.3 Å². The number of rotatable bonds is 6. The van der Waals surface area contributed by atoms with Gasteiger partial charge in [0, 0.05) is 28.2 Å². The van der Waals surface area contributed by atoms with Crippen molar-refractivity contribution in [1.82, 2.24) is 0 Å². The molecule has 1 N–H and O–H groups in total. The maximum atomic E-state index is 13.2. The van der Waals surface area contributed by atoms with Gasteiger partial charge in [0.05, 0.1) is 31.9 Å². The molecule has 1 aliphatic heterocycles. The molecule has 0 bridgehead atoms. The molecule has 2 heterocycles. The Morgan fingerprint density at radius 3 is 2.32 bits per heavy atom. The highest BCUT2D eigenvalue weighted by Gasteiger charge is 2.36. The van der Waals surface area contributed by atoms with Crippen molar-refractivity contribution in [3.63, 3.8) is 0 Å². The first-order valence-electron chi connectivity index (χ1n) is 9.42. The summed E-state index contributed by atoms with van der Waals surface area (Å²) in [6, 6.07) is 11.7. The van der Waals surface area contributed by atoms with Crippen LogP contribution in [0.4, 0.5) is 5.69 Å². The highest BCUT2D eigenvalue weighted by Crippen LogP contribution is 2.51. The number of ether oxygens (including phenoxy) is 3. The first-order chi connectivity index (χ1) is 14.9. The van der Waals surface area contributed by atoms with Crippen molar-refractivity contribution < 1.29 is 27.4 Å². The van der Waals surface area contributed by atoms with Crippen LogP contribution in [0.15, 0.2) is 57.6 Å². The van der Waals surface area contributed by atoms with Crippen LogP contribution in [0, 0.1) is 0 Å². The number of thiophene rings is 1. The SMILES string of the molecule is COc1ccc([C@@H]2CC(=O)Nc3c(S(=O)(=O)c4ccccc4)csc32)c(OC)c1OC. The summed E-state index contributed by atoms with van der Waals surface area (Å²) in [5.74, 6) is 0.722. The van der Waals surface area contributed by atoms with Gasteiger partial charge in [0.1, 0.15) is 4.90 Å². The van der Waals surface area contributed by atoms with E-state index in [0.29, 0.717) is 22.9 Å². The van der Waals surface area contributed by atoms with E-state index < -0.39 is 9.84 Å². The molecule has 0 spiro atoms. The second kappa shape index (κ2) is 8.24. The Hall–Kier alpha value is -3.04. The second-order valence-corrected chi connectivity index (χ2v) is 9.71. The lowest BCUT2D eigenvalue weighted by atomic mass is 9.89. The Bertz CT molecular complexity index is 1230. The van der Waals surface area contributed by atoms with E-state index in [4.69, 9.17) is 14.2 Å². The van der Waals surface area contributed by atoms with E-state index in [1.807, 2.05) is 6.07 Å². The summed E-state index contributed by atoms with van der Waals surface area (Å²) in [7, 11) is 0.776. The van der Waals surface area contributed by atoms with Gasteiger partial charge in [0.25, 0.3) is 0 Å². The lowest BCUT2D eigenvalue weighted by Crippen LogP contribution is -2.23. The molecule has 0 radical (unpaired) electrons. The standard InChI is InChI=1S/C22H21NO6S2/c1-27-16-10-9-14(20(28-2)21(16)29-3)15-11-18(24)23-19-17(12-30-22(15)19)31(25,26)13-7-5-4-6-8-13/h4-10,12,15H,11H2,1-3H3,(H,23,24)/t15-/m0/s1. The predicted molar refractivity (Wildman–Crippen MR) is 117 cm³/mol. The van der Waals surface area contributed by atoms with Crippen LogP contribution in [0.25, 0.3) is 0 Å². The molecule has 2 aromatic carbocycles. The Morgan fingerprint density at radius 1 is 0.968 bits per heavy atom. The Labute approximate surface area is 184 Å². The fraction of sp³-hybridized carbons (Fsp3) is 0.227. The van der Waals surface area contributed by atoms with Crippen LogP contribution in [-0.2, 0) is 14.6 Å². The maximum Gasteiger partial charge on any atom is 0.225 e. The number of nitrogens with one attached hydrogen (secondary N) is 1. The summed E-state index contributed by atoms with van der Waals surface area (Å²) in [5, 5.41) is 4.35. The van der Waals surface area contributed by atoms with Crippen LogP contribution in [0.3, 0.4) is 0 Å². The molecule has 1 aromatic heterocycles. The third-order valence-electron chi connectivity index (χ3n) is 5.21. The van der Waals surface area contributed by atoms with Crippen LogP contribution < -0.4 is 19.5 Å².